The van der Waals surface area contributed by atoms with E-state index in [0.29, 0.717) is 28.0 Å². The molecule has 0 aromatic carbocycles. The lowest BCUT2D eigenvalue weighted by atomic mass is 10.2. The van der Waals surface area contributed by atoms with Crippen LogP contribution in [0.5, 0.6) is 0 Å². The van der Waals surface area contributed by atoms with Gasteiger partial charge in [0.25, 0.3) is 11.5 Å². The largest absolute Gasteiger partial charge is 0.351 e. The van der Waals surface area contributed by atoms with Crippen molar-refractivity contribution < 1.29 is 4.79 Å². The number of pyridine rings is 1. The molecule has 0 saturated carbocycles. The number of thiophene rings is 1. The van der Waals surface area contributed by atoms with E-state index in [1.807, 2.05) is 23.6 Å². The van der Waals surface area contributed by atoms with Gasteiger partial charge in [0.2, 0.25) is 0 Å². The maximum Gasteiger partial charge on any atom is 0.271 e. The second-order valence-electron chi connectivity index (χ2n) is 5.68. The lowest BCUT2D eigenvalue weighted by Gasteiger charge is -2.06. The zero-order valence-corrected chi connectivity index (χ0v) is 16.3. The van der Waals surface area contributed by atoms with Gasteiger partial charge in [0.15, 0.2) is 4.96 Å². The highest BCUT2D eigenvalue weighted by atomic mass is 35.5. The molecule has 0 unspecified atom stereocenters. The molecule has 1 amide bonds. The number of rotatable bonds is 5. The van der Waals surface area contributed by atoms with Crippen LogP contribution in [0.1, 0.15) is 15.9 Å². The molecule has 0 atom stereocenters. The summed E-state index contributed by atoms with van der Waals surface area (Å²) in [6.07, 6.45) is 5.40. The van der Waals surface area contributed by atoms with Gasteiger partial charge in [-0.2, -0.15) is 0 Å². The Balaban J connectivity index is 1.59. The van der Waals surface area contributed by atoms with Crippen LogP contribution in [0.4, 0.5) is 0 Å². The molecule has 0 saturated heterocycles. The van der Waals surface area contributed by atoms with Crippen molar-refractivity contribution in [2.45, 2.75) is 6.42 Å². The Morgan fingerprint density at radius 1 is 1.22 bits per heavy atom. The Bertz CT molecular complexity index is 1170. The summed E-state index contributed by atoms with van der Waals surface area (Å²) in [4.78, 5) is 35.0. The molecular weight excluding hydrogens is 404 g/mol. The Morgan fingerprint density at radius 3 is 2.78 bits per heavy atom. The molecule has 0 bridgehead atoms. The van der Waals surface area contributed by atoms with Gasteiger partial charge in [0, 0.05) is 30.5 Å². The van der Waals surface area contributed by atoms with E-state index in [-0.39, 0.29) is 11.1 Å². The van der Waals surface area contributed by atoms with E-state index in [9.17, 15) is 9.59 Å². The van der Waals surface area contributed by atoms with E-state index in [1.165, 1.54) is 33.3 Å². The number of thiazole rings is 1. The molecule has 0 aliphatic rings. The van der Waals surface area contributed by atoms with E-state index in [4.69, 9.17) is 11.6 Å². The molecule has 4 aromatic rings. The minimum atomic E-state index is -0.433. The number of carbonyl (C=O) groups is 1. The highest BCUT2D eigenvalue weighted by Gasteiger charge is 2.17. The van der Waals surface area contributed by atoms with Crippen LogP contribution < -0.4 is 10.9 Å². The number of nitrogens with zero attached hydrogens (tertiary/aromatic N) is 3. The lowest BCUT2D eigenvalue weighted by molar-refractivity contribution is 0.0952. The third-order valence-corrected chi connectivity index (χ3v) is 6.06. The molecule has 0 aliphatic heterocycles. The molecule has 4 aromatic heterocycles. The third kappa shape index (κ3) is 3.64. The van der Waals surface area contributed by atoms with E-state index in [1.54, 1.807) is 18.5 Å². The number of halogens is 1. The smallest absolute Gasteiger partial charge is 0.271 e. The van der Waals surface area contributed by atoms with Crippen molar-refractivity contribution in [1.82, 2.24) is 19.7 Å². The van der Waals surface area contributed by atoms with E-state index in [0.717, 1.165) is 10.4 Å². The maximum atomic E-state index is 12.9. The standard InChI is InChI=1S/C18H13ClN4O2S2/c19-15-2-1-14(27-15)13-10-26-18-22-9-12(17(25)23(13)18)16(24)21-8-5-11-3-6-20-7-4-11/h1-4,6-7,9-10H,5,8H2,(H,21,24). The summed E-state index contributed by atoms with van der Waals surface area (Å²) >= 11 is 8.73. The van der Waals surface area contributed by atoms with Crippen LogP contribution in [0.15, 0.2) is 53.0 Å². The van der Waals surface area contributed by atoms with Crippen LogP contribution >= 0.6 is 34.3 Å². The molecule has 4 heterocycles. The van der Waals surface area contributed by atoms with Crippen molar-refractivity contribution >= 4 is 45.1 Å². The Hall–Kier alpha value is -2.55. The van der Waals surface area contributed by atoms with Gasteiger partial charge in [-0.1, -0.05) is 11.6 Å². The fourth-order valence-corrected chi connectivity index (χ4v) is 4.61. The summed E-state index contributed by atoms with van der Waals surface area (Å²) in [6.45, 7) is 0.419. The van der Waals surface area contributed by atoms with Gasteiger partial charge < -0.3 is 5.32 Å². The number of aromatic nitrogens is 3. The highest BCUT2D eigenvalue weighted by Crippen LogP contribution is 2.32. The van der Waals surface area contributed by atoms with Gasteiger partial charge in [-0.05, 0) is 36.2 Å². The van der Waals surface area contributed by atoms with Crippen molar-refractivity contribution in [3.05, 3.63) is 74.1 Å². The Labute approximate surface area is 167 Å². The topological polar surface area (TPSA) is 76.4 Å². The van der Waals surface area contributed by atoms with Gasteiger partial charge in [-0.15, -0.1) is 22.7 Å². The average Bonchev–Trinajstić information content (AvgIpc) is 3.29. The second kappa shape index (κ2) is 7.59. The number of amides is 1. The molecule has 0 spiro atoms. The number of fused-ring (bicyclic) bond motifs is 1. The molecule has 0 fully saturated rings. The molecule has 0 radical (unpaired) electrons. The van der Waals surface area contributed by atoms with Gasteiger partial charge in [0.05, 0.1) is 14.9 Å². The van der Waals surface area contributed by atoms with E-state index in [2.05, 4.69) is 15.3 Å². The van der Waals surface area contributed by atoms with Crippen molar-refractivity contribution in [1.29, 1.82) is 0 Å². The predicted molar refractivity (Wildman–Crippen MR) is 108 cm³/mol. The minimum absolute atomic E-state index is 0.0181. The predicted octanol–water partition coefficient (Wildman–Crippen LogP) is 3.51. The van der Waals surface area contributed by atoms with Gasteiger partial charge in [0.1, 0.15) is 5.56 Å². The number of hydrogen-bond acceptors (Lipinski definition) is 6. The Kier molecular flexibility index (Phi) is 5.02. The summed E-state index contributed by atoms with van der Waals surface area (Å²) in [5.41, 5.74) is 1.38. The second-order valence-corrected chi connectivity index (χ2v) is 8.23. The SMILES string of the molecule is O=C(NCCc1ccncc1)c1cnc2scc(-c3ccc(Cl)s3)n2c1=O. The van der Waals surface area contributed by atoms with Crippen molar-refractivity contribution in [2.75, 3.05) is 6.54 Å². The average molecular weight is 417 g/mol. The maximum absolute atomic E-state index is 12.9. The molecule has 0 aliphatic carbocycles. The zero-order chi connectivity index (χ0) is 18.8. The first-order valence-corrected chi connectivity index (χ1v) is 10.1. The van der Waals surface area contributed by atoms with E-state index >= 15 is 0 Å². The fourth-order valence-electron chi connectivity index (χ4n) is 2.64. The Morgan fingerprint density at radius 2 is 2.04 bits per heavy atom. The van der Waals surface area contributed by atoms with Crippen LogP contribution in [0, 0.1) is 0 Å². The first-order valence-electron chi connectivity index (χ1n) is 8.05. The number of carbonyl (C=O) groups excluding carboxylic acids is 1. The van der Waals surface area contributed by atoms with E-state index < -0.39 is 5.91 Å². The summed E-state index contributed by atoms with van der Waals surface area (Å²) in [5, 5.41) is 4.62. The lowest BCUT2D eigenvalue weighted by Crippen LogP contribution is -2.32. The van der Waals surface area contributed by atoms with Crippen molar-refractivity contribution in [2.24, 2.45) is 0 Å². The van der Waals surface area contributed by atoms with Gasteiger partial charge in [-0.25, -0.2) is 9.38 Å². The minimum Gasteiger partial charge on any atom is -0.351 e. The molecule has 9 heteroatoms. The van der Waals surface area contributed by atoms with Crippen LogP contribution in [-0.2, 0) is 6.42 Å². The highest BCUT2D eigenvalue weighted by molar-refractivity contribution is 7.20. The van der Waals surface area contributed by atoms with Crippen LogP contribution in [0.2, 0.25) is 4.34 Å². The van der Waals surface area contributed by atoms with Crippen molar-refractivity contribution in [3.8, 4) is 10.6 Å². The molecular formula is C18H13ClN4O2S2. The van der Waals surface area contributed by atoms with Gasteiger partial charge >= 0.3 is 0 Å². The molecule has 6 nitrogen and oxygen atoms in total. The van der Waals surface area contributed by atoms with Gasteiger partial charge in [-0.3, -0.25) is 14.6 Å². The summed E-state index contributed by atoms with van der Waals surface area (Å²) in [6, 6.07) is 7.40. The summed E-state index contributed by atoms with van der Waals surface area (Å²) in [7, 11) is 0. The first-order chi connectivity index (χ1) is 13.1. The molecule has 136 valence electrons. The zero-order valence-electron chi connectivity index (χ0n) is 13.9. The quantitative estimate of drug-likeness (QED) is 0.540. The molecule has 4 rings (SSSR count). The normalized spacial score (nSPS) is 11.0. The van der Waals surface area contributed by atoms with Crippen LogP contribution in [0.25, 0.3) is 15.5 Å². The molecule has 27 heavy (non-hydrogen) atoms. The fraction of sp³-hybridized carbons (Fsp3) is 0.111. The van der Waals surface area contributed by atoms with Crippen LogP contribution in [0.3, 0.4) is 0 Å². The monoisotopic (exact) mass is 416 g/mol. The van der Waals surface area contributed by atoms with Crippen LogP contribution in [-0.4, -0.2) is 26.8 Å². The summed E-state index contributed by atoms with van der Waals surface area (Å²) in [5.74, 6) is -0.433. The van der Waals surface area contributed by atoms with Crippen molar-refractivity contribution in [3.63, 3.8) is 0 Å². The number of hydrogen-bond donors (Lipinski definition) is 1. The molecule has 1 N–H and O–H groups in total. The number of nitrogens with one attached hydrogen (secondary N) is 1. The first kappa shape index (κ1) is 17.8. The third-order valence-electron chi connectivity index (χ3n) is 3.96. The summed E-state index contributed by atoms with van der Waals surface area (Å²) < 4.78 is 2.10.